The molecule has 0 bridgehead atoms. The number of nitrogens with zero attached hydrogens (tertiary/aromatic N) is 3. The first-order valence-corrected chi connectivity index (χ1v) is 9.47. The average Bonchev–Trinajstić information content (AvgIpc) is 2.71. The number of carboxylic acids is 1. The molecule has 2 aromatic carbocycles. The maximum Gasteiger partial charge on any atom is 0.416 e. The molecule has 0 radical (unpaired) electrons. The van der Waals surface area contributed by atoms with E-state index in [2.05, 4.69) is 0 Å². The van der Waals surface area contributed by atoms with E-state index in [1.807, 2.05) is 34.1 Å². The van der Waals surface area contributed by atoms with Gasteiger partial charge in [-0.1, -0.05) is 12.1 Å². The van der Waals surface area contributed by atoms with Gasteiger partial charge in [0.1, 0.15) is 6.04 Å². The molecule has 158 valence electrons. The van der Waals surface area contributed by atoms with Crippen LogP contribution in [0, 0.1) is 0 Å². The number of halogens is 3. The standard InChI is InChI=1S/C21H20F3N3O3/c1-13(28)25-10-16-11-26(15-8-6-14(7-9-15)21(22,23)24)17-4-2-3-5-18(17)27(16)12-19(25)20(29)30/h2-9,16,19H,10-12H2,1H3,(H,29,30)/t16-,19-/m1/s1. The quantitative estimate of drug-likeness (QED) is 0.809. The molecule has 2 atom stereocenters. The molecular weight excluding hydrogens is 399 g/mol. The van der Waals surface area contributed by atoms with E-state index in [1.165, 1.54) is 24.0 Å². The van der Waals surface area contributed by atoms with Crippen molar-refractivity contribution in [2.45, 2.75) is 25.2 Å². The number of alkyl halides is 3. The minimum absolute atomic E-state index is 0.150. The molecule has 2 aliphatic rings. The molecule has 2 aromatic rings. The molecule has 4 rings (SSSR count). The second-order valence-corrected chi connectivity index (χ2v) is 7.48. The Morgan fingerprint density at radius 1 is 0.967 bits per heavy atom. The van der Waals surface area contributed by atoms with Gasteiger partial charge in [-0.15, -0.1) is 0 Å². The third-order valence-corrected chi connectivity index (χ3v) is 5.67. The number of fused-ring (bicyclic) bond motifs is 3. The van der Waals surface area contributed by atoms with Crippen LogP contribution < -0.4 is 9.80 Å². The molecule has 0 spiro atoms. The fraction of sp³-hybridized carbons (Fsp3) is 0.333. The number of rotatable bonds is 2. The normalized spacial score (nSPS) is 21.1. The molecule has 2 heterocycles. The number of hydrogen-bond acceptors (Lipinski definition) is 4. The Balaban J connectivity index is 1.72. The van der Waals surface area contributed by atoms with Crippen LogP contribution in [0.4, 0.5) is 30.2 Å². The lowest BCUT2D eigenvalue weighted by molar-refractivity contribution is -0.150. The number of carbonyl (C=O) groups excluding carboxylic acids is 1. The number of anilines is 3. The summed E-state index contributed by atoms with van der Waals surface area (Å²) in [5.41, 5.74) is 1.46. The van der Waals surface area contributed by atoms with Crippen LogP contribution >= 0.6 is 0 Å². The van der Waals surface area contributed by atoms with E-state index >= 15 is 0 Å². The highest BCUT2D eigenvalue weighted by atomic mass is 19.4. The van der Waals surface area contributed by atoms with Gasteiger partial charge in [-0.05, 0) is 36.4 Å². The van der Waals surface area contributed by atoms with E-state index in [4.69, 9.17) is 0 Å². The molecule has 9 heteroatoms. The first kappa shape index (κ1) is 20.1. The zero-order valence-electron chi connectivity index (χ0n) is 16.1. The Bertz CT molecular complexity index is 977. The number of para-hydroxylation sites is 2. The Morgan fingerprint density at radius 2 is 1.60 bits per heavy atom. The Kier molecular flexibility index (Phi) is 4.83. The predicted octanol–water partition coefficient (Wildman–Crippen LogP) is 3.35. The smallest absolute Gasteiger partial charge is 0.416 e. The number of amides is 1. The van der Waals surface area contributed by atoms with Gasteiger partial charge < -0.3 is 19.8 Å². The third-order valence-electron chi connectivity index (χ3n) is 5.67. The van der Waals surface area contributed by atoms with Crippen molar-refractivity contribution in [1.29, 1.82) is 0 Å². The molecule has 2 aliphatic heterocycles. The summed E-state index contributed by atoms with van der Waals surface area (Å²) in [5, 5.41) is 9.59. The first-order valence-electron chi connectivity index (χ1n) is 9.47. The number of carboxylic acid groups (broad SMARTS) is 1. The van der Waals surface area contributed by atoms with Crippen LogP contribution in [-0.4, -0.2) is 53.6 Å². The number of benzene rings is 2. The second kappa shape index (κ2) is 7.23. The fourth-order valence-corrected chi connectivity index (χ4v) is 4.22. The number of carbonyl (C=O) groups is 2. The highest BCUT2D eigenvalue weighted by Gasteiger charge is 2.43. The van der Waals surface area contributed by atoms with Crippen molar-refractivity contribution < 1.29 is 27.9 Å². The zero-order chi connectivity index (χ0) is 21.6. The molecular formula is C21H20F3N3O3. The van der Waals surface area contributed by atoms with E-state index in [0.29, 0.717) is 12.2 Å². The highest BCUT2D eigenvalue weighted by Crippen LogP contribution is 2.42. The average molecular weight is 419 g/mol. The summed E-state index contributed by atoms with van der Waals surface area (Å²) < 4.78 is 38.8. The summed E-state index contributed by atoms with van der Waals surface area (Å²) in [7, 11) is 0. The van der Waals surface area contributed by atoms with Crippen molar-refractivity contribution in [2.75, 3.05) is 29.4 Å². The van der Waals surface area contributed by atoms with Crippen molar-refractivity contribution in [3.8, 4) is 0 Å². The second-order valence-electron chi connectivity index (χ2n) is 7.48. The van der Waals surface area contributed by atoms with Gasteiger partial charge in [0.25, 0.3) is 0 Å². The molecule has 0 aliphatic carbocycles. The first-order chi connectivity index (χ1) is 14.2. The van der Waals surface area contributed by atoms with E-state index in [9.17, 15) is 27.9 Å². The summed E-state index contributed by atoms with van der Waals surface area (Å²) in [4.78, 5) is 29.0. The summed E-state index contributed by atoms with van der Waals surface area (Å²) in [5.74, 6) is -1.38. The Morgan fingerprint density at radius 3 is 2.17 bits per heavy atom. The van der Waals surface area contributed by atoms with Gasteiger partial charge in [0, 0.05) is 32.2 Å². The summed E-state index contributed by atoms with van der Waals surface area (Å²) in [6.45, 7) is 2.13. The molecule has 1 saturated heterocycles. The van der Waals surface area contributed by atoms with Gasteiger partial charge in [0.2, 0.25) is 5.91 Å². The minimum Gasteiger partial charge on any atom is -0.480 e. The Hall–Kier alpha value is -3.23. The van der Waals surface area contributed by atoms with Crippen molar-refractivity contribution in [3.63, 3.8) is 0 Å². The van der Waals surface area contributed by atoms with Crippen LogP contribution in [0.5, 0.6) is 0 Å². The highest BCUT2D eigenvalue weighted by molar-refractivity contribution is 5.86. The number of aliphatic carboxylic acids is 1. The summed E-state index contributed by atoms with van der Waals surface area (Å²) in [6, 6.07) is 11.2. The van der Waals surface area contributed by atoms with Crippen LogP contribution in [0.25, 0.3) is 0 Å². The Labute approximate surface area is 171 Å². The molecule has 6 nitrogen and oxygen atoms in total. The SMILES string of the molecule is CC(=O)N1C[C@@H]2CN(c3ccc(C(F)(F)F)cc3)c3ccccc3N2C[C@@H]1C(=O)O. The molecule has 0 unspecified atom stereocenters. The minimum atomic E-state index is -4.41. The number of hydrogen-bond donors (Lipinski definition) is 1. The van der Waals surface area contributed by atoms with Crippen LogP contribution in [-0.2, 0) is 15.8 Å². The lowest BCUT2D eigenvalue weighted by atomic mass is 9.99. The van der Waals surface area contributed by atoms with E-state index in [-0.39, 0.29) is 25.0 Å². The largest absolute Gasteiger partial charge is 0.480 e. The summed E-state index contributed by atoms with van der Waals surface area (Å²) >= 11 is 0. The van der Waals surface area contributed by atoms with Gasteiger partial charge in [-0.3, -0.25) is 4.79 Å². The van der Waals surface area contributed by atoms with Crippen molar-refractivity contribution >= 4 is 28.9 Å². The van der Waals surface area contributed by atoms with Crippen LogP contribution in [0.2, 0.25) is 0 Å². The number of piperazine rings is 1. The maximum absolute atomic E-state index is 12.9. The van der Waals surface area contributed by atoms with Gasteiger partial charge in [0.05, 0.1) is 23.0 Å². The topological polar surface area (TPSA) is 64.1 Å². The van der Waals surface area contributed by atoms with E-state index in [1.54, 1.807) is 0 Å². The molecule has 1 N–H and O–H groups in total. The van der Waals surface area contributed by atoms with E-state index < -0.39 is 23.8 Å². The van der Waals surface area contributed by atoms with E-state index in [0.717, 1.165) is 23.5 Å². The van der Waals surface area contributed by atoms with Crippen molar-refractivity contribution in [2.24, 2.45) is 0 Å². The van der Waals surface area contributed by atoms with Gasteiger partial charge in [-0.2, -0.15) is 13.2 Å². The lowest BCUT2D eigenvalue weighted by Gasteiger charge is -2.51. The van der Waals surface area contributed by atoms with Crippen molar-refractivity contribution in [1.82, 2.24) is 4.90 Å². The van der Waals surface area contributed by atoms with Gasteiger partial charge in [-0.25, -0.2) is 4.79 Å². The van der Waals surface area contributed by atoms with Crippen LogP contribution in [0.1, 0.15) is 12.5 Å². The third kappa shape index (κ3) is 3.44. The van der Waals surface area contributed by atoms with Gasteiger partial charge >= 0.3 is 12.1 Å². The molecule has 1 fully saturated rings. The zero-order valence-corrected chi connectivity index (χ0v) is 16.1. The maximum atomic E-state index is 12.9. The van der Waals surface area contributed by atoms with Gasteiger partial charge in [0.15, 0.2) is 0 Å². The van der Waals surface area contributed by atoms with Crippen LogP contribution in [0.3, 0.4) is 0 Å². The summed E-state index contributed by atoms with van der Waals surface area (Å²) in [6.07, 6.45) is -4.41. The molecule has 1 amide bonds. The lowest BCUT2D eigenvalue weighted by Crippen LogP contribution is -2.65. The van der Waals surface area contributed by atoms with Crippen molar-refractivity contribution in [3.05, 3.63) is 54.1 Å². The predicted molar refractivity (Wildman–Crippen MR) is 105 cm³/mol. The molecule has 0 aromatic heterocycles. The molecule has 30 heavy (non-hydrogen) atoms. The van der Waals surface area contributed by atoms with Crippen LogP contribution in [0.15, 0.2) is 48.5 Å². The fourth-order valence-electron chi connectivity index (χ4n) is 4.22. The monoisotopic (exact) mass is 419 g/mol. The molecule has 0 saturated carbocycles.